The van der Waals surface area contributed by atoms with E-state index in [4.69, 9.17) is 4.74 Å². The Kier molecular flexibility index (Phi) is 6.20. The van der Waals surface area contributed by atoms with Crippen LogP contribution in [-0.4, -0.2) is 77.0 Å². The zero-order chi connectivity index (χ0) is 23.0. The molecule has 0 bridgehead atoms. The second-order valence-electron chi connectivity index (χ2n) is 9.14. The Morgan fingerprint density at radius 1 is 1.03 bits per heavy atom. The molecule has 1 spiro atoms. The largest absolute Gasteiger partial charge is 0.353 e. The highest BCUT2D eigenvalue weighted by molar-refractivity contribution is 5.98. The van der Waals surface area contributed by atoms with Crippen LogP contribution in [0.3, 0.4) is 0 Å². The number of benzene rings is 1. The lowest BCUT2D eigenvalue weighted by Crippen LogP contribution is -2.59. The minimum Gasteiger partial charge on any atom is -0.353 e. The summed E-state index contributed by atoms with van der Waals surface area (Å²) >= 11 is 0. The molecular weight excluding hydrogens is 420 g/mol. The Bertz CT molecular complexity index is 898. The molecule has 3 atom stereocenters. The number of hydrogen-bond donors (Lipinski definition) is 0. The van der Waals surface area contributed by atoms with Gasteiger partial charge in [-0.25, -0.2) is 8.78 Å². The molecule has 9 heteroatoms. The average Bonchev–Trinajstić information content (AvgIpc) is 3.09. The summed E-state index contributed by atoms with van der Waals surface area (Å²) in [6, 6.07) is 1.84. The monoisotopic (exact) mass is 449 g/mol. The molecule has 1 saturated carbocycles. The van der Waals surface area contributed by atoms with E-state index in [0.717, 1.165) is 25.0 Å². The fourth-order valence-electron chi connectivity index (χ4n) is 5.26. The van der Waals surface area contributed by atoms with Crippen molar-refractivity contribution in [2.45, 2.75) is 51.3 Å². The summed E-state index contributed by atoms with van der Waals surface area (Å²) in [5, 5.41) is 0. The molecular formula is C23H29F2N3O4. The van der Waals surface area contributed by atoms with Crippen LogP contribution in [0.2, 0.25) is 0 Å². The molecule has 1 aromatic rings. The number of ether oxygens (including phenoxy) is 1. The van der Waals surface area contributed by atoms with Crippen molar-refractivity contribution in [2.24, 2.45) is 5.92 Å². The summed E-state index contributed by atoms with van der Waals surface area (Å²) in [6.07, 6.45) is 2.97. The van der Waals surface area contributed by atoms with Crippen LogP contribution in [-0.2, 0) is 14.3 Å². The molecule has 3 fully saturated rings. The van der Waals surface area contributed by atoms with Crippen molar-refractivity contribution in [3.8, 4) is 0 Å². The summed E-state index contributed by atoms with van der Waals surface area (Å²) in [5.74, 6) is -2.30. The molecule has 2 heterocycles. The first-order valence-electron chi connectivity index (χ1n) is 11.2. The fraction of sp³-hybridized carbons (Fsp3) is 0.609. The van der Waals surface area contributed by atoms with Gasteiger partial charge in [-0.05, 0) is 37.3 Å². The lowest BCUT2D eigenvalue weighted by Gasteiger charge is -2.44. The van der Waals surface area contributed by atoms with Crippen LogP contribution < -0.4 is 0 Å². The Hall–Kier alpha value is -2.55. The number of hydrogen-bond acceptors (Lipinski definition) is 4. The zero-order valence-electron chi connectivity index (χ0n) is 18.5. The van der Waals surface area contributed by atoms with Gasteiger partial charge in [-0.2, -0.15) is 0 Å². The van der Waals surface area contributed by atoms with Gasteiger partial charge in [0.2, 0.25) is 11.8 Å². The van der Waals surface area contributed by atoms with Crippen LogP contribution >= 0.6 is 0 Å². The van der Waals surface area contributed by atoms with Crippen LogP contribution in [0.5, 0.6) is 0 Å². The van der Waals surface area contributed by atoms with Crippen LogP contribution in [0.4, 0.5) is 8.78 Å². The third-order valence-electron chi connectivity index (χ3n) is 6.84. The van der Waals surface area contributed by atoms with E-state index in [1.54, 1.807) is 9.80 Å². The van der Waals surface area contributed by atoms with Gasteiger partial charge in [0, 0.05) is 44.7 Å². The van der Waals surface area contributed by atoms with Crippen molar-refractivity contribution in [1.82, 2.24) is 14.7 Å². The van der Waals surface area contributed by atoms with Crippen LogP contribution in [0.25, 0.3) is 0 Å². The summed E-state index contributed by atoms with van der Waals surface area (Å²) < 4.78 is 33.9. The summed E-state index contributed by atoms with van der Waals surface area (Å²) in [6.45, 7) is 5.21. The molecule has 3 unspecified atom stereocenters. The molecule has 3 amide bonds. The molecule has 3 aliphatic rings. The van der Waals surface area contributed by atoms with Crippen molar-refractivity contribution in [2.75, 3.05) is 32.8 Å². The predicted octanol–water partition coefficient (Wildman–Crippen LogP) is 2.40. The molecule has 0 radical (unpaired) electrons. The number of rotatable bonds is 2. The molecule has 1 aliphatic carbocycles. The highest BCUT2D eigenvalue weighted by Crippen LogP contribution is 2.43. The number of halogens is 2. The first-order valence-corrected chi connectivity index (χ1v) is 11.2. The predicted molar refractivity (Wildman–Crippen MR) is 111 cm³/mol. The van der Waals surface area contributed by atoms with Gasteiger partial charge in [-0.1, -0.05) is 13.3 Å². The molecule has 174 valence electrons. The van der Waals surface area contributed by atoms with Crippen molar-refractivity contribution >= 4 is 17.7 Å². The van der Waals surface area contributed by atoms with Gasteiger partial charge in [0.15, 0.2) is 0 Å². The molecule has 4 rings (SSSR count). The van der Waals surface area contributed by atoms with Gasteiger partial charge < -0.3 is 14.5 Å². The molecule has 0 N–H and O–H groups in total. The standard InChI is InChI=1S/C23H29F2N3O4/c1-15-4-3-5-23(13-15)28(21(30)17-10-18(24)12-19(25)11-17)20(14-32-23)22(31)27-8-6-26(7-9-27)16(2)29/h10-12,15,20H,3-9,13-14H2,1-2H3. The van der Waals surface area contributed by atoms with E-state index >= 15 is 0 Å². The Morgan fingerprint density at radius 2 is 1.66 bits per heavy atom. The third kappa shape index (κ3) is 4.22. The van der Waals surface area contributed by atoms with Gasteiger partial charge in [0.1, 0.15) is 23.4 Å². The Labute approximate surface area is 186 Å². The van der Waals surface area contributed by atoms with Gasteiger partial charge in [0.05, 0.1) is 6.61 Å². The average molecular weight is 449 g/mol. The van der Waals surface area contributed by atoms with Crippen LogP contribution in [0, 0.1) is 17.6 Å². The van der Waals surface area contributed by atoms with Crippen molar-refractivity contribution in [1.29, 1.82) is 0 Å². The summed E-state index contributed by atoms with van der Waals surface area (Å²) in [4.78, 5) is 43.4. The highest BCUT2D eigenvalue weighted by Gasteiger charge is 2.54. The Balaban J connectivity index is 1.63. The van der Waals surface area contributed by atoms with Crippen molar-refractivity contribution < 1.29 is 27.9 Å². The lowest BCUT2D eigenvalue weighted by molar-refractivity contribution is -0.142. The molecule has 0 aromatic heterocycles. The van der Waals surface area contributed by atoms with Crippen molar-refractivity contribution in [3.05, 3.63) is 35.4 Å². The minimum absolute atomic E-state index is 0.0404. The molecule has 1 aromatic carbocycles. The second kappa shape index (κ2) is 8.77. The third-order valence-corrected chi connectivity index (χ3v) is 6.84. The number of carbonyl (C=O) groups is 3. The van der Waals surface area contributed by atoms with E-state index in [0.29, 0.717) is 45.1 Å². The number of amides is 3. The van der Waals surface area contributed by atoms with Gasteiger partial charge >= 0.3 is 0 Å². The van der Waals surface area contributed by atoms with Gasteiger partial charge in [-0.3, -0.25) is 19.3 Å². The fourth-order valence-corrected chi connectivity index (χ4v) is 5.26. The zero-order valence-corrected chi connectivity index (χ0v) is 18.5. The minimum atomic E-state index is -0.959. The second-order valence-corrected chi connectivity index (χ2v) is 9.14. The van der Waals surface area contributed by atoms with Crippen molar-refractivity contribution in [3.63, 3.8) is 0 Å². The van der Waals surface area contributed by atoms with Gasteiger partial charge in [-0.15, -0.1) is 0 Å². The Morgan fingerprint density at radius 3 is 2.25 bits per heavy atom. The quantitative estimate of drug-likeness (QED) is 0.695. The molecule has 32 heavy (non-hydrogen) atoms. The molecule has 2 aliphatic heterocycles. The van der Waals surface area contributed by atoms with Gasteiger partial charge in [0.25, 0.3) is 5.91 Å². The highest BCUT2D eigenvalue weighted by atomic mass is 19.1. The number of piperazine rings is 1. The molecule has 2 saturated heterocycles. The smallest absolute Gasteiger partial charge is 0.257 e. The number of nitrogens with zero attached hydrogens (tertiary/aromatic N) is 3. The maximum atomic E-state index is 13.9. The SMILES string of the molecule is CC(=O)N1CCN(C(=O)C2COC3(CCCC(C)C3)N2C(=O)c2cc(F)cc(F)c2)CC1. The first-order chi connectivity index (χ1) is 15.2. The van der Waals surface area contributed by atoms with E-state index in [-0.39, 0.29) is 29.9 Å². The normalized spacial score (nSPS) is 28.3. The summed E-state index contributed by atoms with van der Waals surface area (Å²) in [5.41, 5.74) is -1.09. The summed E-state index contributed by atoms with van der Waals surface area (Å²) in [7, 11) is 0. The number of carbonyl (C=O) groups excluding carboxylic acids is 3. The maximum Gasteiger partial charge on any atom is 0.257 e. The van der Waals surface area contributed by atoms with Crippen LogP contribution in [0.1, 0.15) is 49.9 Å². The topological polar surface area (TPSA) is 70.2 Å². The van der Waals surface area contributed by atoms with E-state index in [1.165, 1.54) is 11.8 Å². The first kappa shape index (κ1) is 22.6. The lowest BCUT2D eigenvalue weighted by atomic mass is 9.83. The van der Waals surface area contributed by atoms with Crippen LogP contribution in [0.15, 0.2) is 18.2 Å². The van der Waals surface area contributed by atoms with E-state index in [2.05, 4.69) is 6.92 Å². The maximum absolute atomic E-state index is 13.9. The van der Waals surface area contributed by atoms with E-state index < -0.39 is 29.3 Å². The van der Waals surface area contributed by atoms with E-state index in [9.17, 15) is 23.2 Å². The molecule has 7 nitrogen and oxygen atoms in total. The van der Waals surface area contributed by atoms with E-state index in [1.807, 2.05) is 0 Å².